The van der Waals surface area contributed by atoms with E-state index in [0.29, 0.717) is 0 Å². The molecule has 0 bridgehead atoms. The molecule has 0 heterocycles. The second-order valence-electron chi connectivity index (χ2n) is 18.2. The largest absolute Gasteiger partial charge is 0.310 e. The first-order chi connectivity index (χ1) is 26.3. The Kier molecular flexibility index (Phi) is 7.93. The van der Waals surface area contributed by atoms with Gasteiger partial charge in [-0.2, -0.15) is 0 Å². The third-order valence-corrected chi connectivity index (χ3v) is 12.4. The second kappa shape index (κ2) is 12.4. The first kappa shape index (κ1) is 35.1. The number of para-hydroxylation sites is 1. The monoisotopic (exact) mass is 713 g/mol. The van der Waals surface area contributed by atoms with Gasteiger partial charge in [0, 0.05) is 22.4 Å². The van der Waals surface area contributed by atoms with Crippen LogP contribution < -0.4 is 4.90 Å². The van der Waals surface area contributed by atoms with Crippen molar-refractivity contribution in [1.82, 2.24) is 0 Å². The molecule has 9 rings (SSSR count). The van der Waals surface area contributed by atoms with Crippen LogP contribution in [0.25, 0.3) is 22.3 Å². The van der Waals surface area contributed by atoms with E-state index in [1.54, 1.807) is 0 Å². The molecule has 7 aromatic carbocycles. The van der Waals surface area contributed by atoms with Gasteiger partial charge in [-0.3, -0.25) is 0 Å². The second-order valence-corrected chi connectivity index (χ2v) is 18.2. The summed E-state index contributed by atoms with van der Waals surface area (Å²) < 4.78 is 0. The van der Waals surface area contributed by atoms with Crippen LogP contribution in [0.2, 0.25) is 0 Å². The number of fused-ring (bicyclic) bond motifs is 6. The van der Waals surface area contributed by atoms with Gasteiger partial charge in [0.15, 0.2) is 0 Å². The highest BCUT2D eigenvalue weighted by Crippen LogP contribution is 2.62. The molecule has 2 aliphatic rings. The van der Waals surface area contributed by atoms with Gasteiger partial charge in [-0.1, -0.05) is 189 Å². The molecule has 0 spiro atoms. The highest BCUT2D eigenvalue weighted by molar-refractivity contribution is 5.99. The lowest BCUT2D eigenvalue weighted by Gasteiger charge is -2.38. The Balaban J connectivity index is 1.42. The van der Waals surface area contributed by atoms with Crippen LogP contribution in [0.5, 0.6) is 0 Å². The fraction of sp³-hybridized carbons (Fsp3) is 0.222. The van der Waals surface area contributed by atoms with E-state index in [-0.39, 0.29) is 16.2 Å². The van der Waals surface area contributed by atoms with Gasteiger partial charge in [-0.25, -0.2) is 0 Å². The number of nitrogens with zero attached hydrogens (tertiary/aromatic N) is 1. The van der Waals surface area contributed by atoms with Crippen molar-refractivity contribution in [2.75, 3.05) is 4.90 Å². The predicted molar refractivity (Wildman–Crippen MR) is 233 cm³/mol. The average Bonchev–Trinajstić information content (AvgIpc) is 3.61. The van der Waals surface area contributed by atoms with Crippen LogP contribution in [-0.4, -0.2) is 0 Å². The van der Waals surface area contributed by atoms with Crippen LogP contribution in [0.1, 0.15) is 99.9 Å². The Bertz CT molecular complexity index is 2520. The molecule has 2 aliphatic carbocycles. The Morgan fingerprint density at radius 2 is 1.00 bits per heavy atom. The molecule has 272 valence electrons. The standard InChI is InChI=1S/C54H51N/c1-51(2,3)38-33-43-49-45(54(36-21-12-9-13-22-36,37-23-14-10-15-24-37)50(43)47(34-38)52(4,5)6)29-20-30-48(49)55(39-25-16-11-17-26-39)40-31-32-42-41-27-18-19-28-44(41)53(7,8)46(42)35-40/h9-35H,1-8H3. The van der Waals surface area contributed by atoms with Gasteiger partial charge >= 0.3 is 0 Å². The number of hydrogen-bond acceptors (Lipinski definition) is 1. The minimum atomic E-state index is -0.536. The van der Waals surface area contributed by atoms with Crippen molar-refractivity contribution in [2.24, 2.45) is 0 Å². The molecule has 0 unspecified atom stereocenters. The zero-order valence-electron chi connectivity index (χ0n) is 33.5. The van der Waals surface area contributed by atoms with Crippen molar-refractivity contribution < 1.29 is 0 Å². The quantitative estimate of drug-likeness (QED) is 0.172. The summed E-state index contributed by atoms with van der Waals surface area (Å²) in [6, 6.07) is 61.7. The molecule has 0 fully saturated rings. The van der Waals surface area contributed by atoms with Crippen LogP contribution in [-0.2, 0) is 21.7 Å². The van der Waals surface area contributed by atoms with Crippen molar-refractivity contribution >= 4 is 17.1 Å². The Labute approximate surface area is 328 Å². The van der Waals surface area contributed by atoms with Crippen LogP contribution in [0.3, 0.4) is 0 Å². The Morgan fingerprint density at radius 1 is 0.436 bits per heavy atom. The van der Waals surface area contributed by atoms with E-state index in [4.69, 9.17) is 0 Å². The summed E-state index contributed by atoms with van der Waals surface area (Å²) in [5.41, 5.74) is 18.8. The van der Waals surface area contributed by atoms with Gasteiger partial charge in [0.05, 0.1) is 11.1 Å². The smallest absolute Gasteiger partial charge is 0.0717 e. The van der Waals surface area contributed by atoms with Crippen molar-refractivity contribution in [3.05, 3.63) is 208 Å². The zero-order valence-corrected chi connectivity index (χ0v) is 33.5. The summed E-state index contributed by atoms with van der Waals surface area (Å²) in [7, 11) is 0. The van der Waals surface area contributed by atoms with Crippen molar-refractivity contribution in [3.63, 3.8) is 0 Å². The average molecular weight is 714 g/mol. The number of benzene rings is 7. The maximum atomic E-state index is 2.53. The van der Waals surface area contributed by atoms with Crippen molar-refractivity contribution in [3.8, 4) is 22.3 Å². The lowest BCUT2D eigenvalue weighted by atomic mass is 9.63. The van der Waals surface area contributed by atoms with Gasteiger partial charge in [-0.05, 0) is 102 Å². The molecule has 7 aromatic rings. The van der Waals surface area contributed by atoms with E-state index in [1.807, 2.05) is 0 Å². The maximum Gasteiger partial charge on any atom is 0.0717 e. The molecule has 1 nitrogen and oxygen atoms in total. The molecule has 55 heavy (non-hydrogen) atoms. The van der Waals surface area contributed by atoms with E-state index in [0.717, 1.165) is 5.69 Å². The topological polar surface area (TPSA) is 3.24 Å². The molecule has 0 aliphatic heterocycles. The molecule has 0 N–H and O–H groups in total. The van der Waals surface area contributed by atoms with Crippen LogP contribution in [0.4, 0.5) is 17.1 Å². The van der Waals surface area contributed by atoms with Gasteiger partial charge < -0.3 is 4.90 Å². The van der Waals surface area contributed by atoms with Crippen molar-refractivity contribution in [1.29, 1.82) is 0 Å². The zero-order chi connectivity index (χ0) is 38.3. The van der Waals surface area contributed by atoms with Gasteiger partial charge in [0.1, 0.15) is 0 Å². The lowest BCUT2D eigenvalue weighted by Crippen LogP contribution is -2.32. The molecule has 0 saturated heterocycles. The maximum absolute atomic E-state index is 2.53. The van der Waals surface area contributed by atoms with E-state index < -0.39 is 5.41 Å². The van der Waals surface area contributed by atoms with E-state index in [1.165, 1.54) is 78.1 Å². The summed E-state index contributed by atoms with van der Waals surface area (Å²) >= 11 is 0. The van der Waals surface area contributed by atoms with Gasteiger partial charge in [0.2, 0.25) is 0 Å². The third-order valence-electron chi connectivity index (χ3n) is 12.4. The highest BCUT2D eigenvalue weighted by Gasteiger charge is 2.50. The molecule has 0 atom stereocenters. The fourth-order valence-corrected chi connectivity index (χ4v) is 9.70. The van der Waals surface area contributed by atoms with Crippen LogP contribution in [0.15, 0.2) is 164 Å². The first-order valence-corrected chi connectivity index (χ1v) is 19.9. The Morgan fingerprint density at radius 3 is 1.62 bits per heavy atom. The molecule has 0 saturated carbocycles. The Hall–Kier alpha value is -5.66. The number of hydrogen-bond donors (Lipinski definition) is 0. The molecule has 0 aromatic heterocycles. The first-order valence-electron chi connectivity index (χ1n) is 19.9. The summed E-state index contributed by atoms with van der Waals surface area (Å²) in [6.45, 7) is 19.0. The summed E-state index contributed by atoms with van der Waals surface area (Å²) in [6.07, 6.45) is 0. The van der Waals surface area contributed by atoms with Gasteiger partial charge in [-0.15, -0.1) is 0 Å². The minimum Gasteiger partial charge on any atom is -0.310 e. The molecule has 1 heteroatoms. The number of anilines is 3. The molecule has 0 amide bonds. The predicted octanol–water partition coefficient (Wildman–Crippen LogP) is 14.4. The van der Waals surface area contributed by atoms with Crippen molar-refractivity contribution in [2.45, 2.75) is 77.0 Å². The van der Waals surface area contributed by atoms with E-state index in [9.17, 15) is 0 Å². The van der Waals surface area contributed by atoms with E-state index in [2.05, 4.69) is 224 Å². The molecule has 0 radical (unpaired) electrons. The summed E-state index contributed by atoms with van der Waals surface area (Å²) in [4.78, 5) is 2.52. The van der Waals surface area contributed by atoms with Gasteiger partial charge in [0.25, 0.3) is 0 Å². The SMILES string of the molecule is CC(C)(C)c1cc2c(c(C(C)(C)C)c1)C(c1ccccc1)(c1ccccc1)c1cccc(N(c3ccccc3)c3ccc4c(c3)C(C)(C)c3ccccc3-4)c1-2. The molecular weight excluding hydrogens is 663 g/mol. The lowest BCUT2D eigenvalue weighted by molar-refractivity contribution is 0.557. The third kappa shape index (κ3) is 5.27. The molecular formula is C54H51N. The normalized spacial score (nSPS) is 14.8. The summed E-state index contributed by atoms with van der Waals surface area (Å²) in [5.74, 6) is 0. The van der Waals surface area contributed by atoms with E-state index >= 15 is 0 Å². The number of rotatable bonds is 5. The highest BCUT2D eigenvalue weighted by atomic mass is 15.1. The summed E-state index contributed by atoms with van der Waals surface area (Å²) in [5, 5.41) is 0. The van der Waals surface area contributed by atoms with Crippen LogP contribution >= 0.6 is 0 Å². The van der Waals surface area contributed by atoms with Crippen LogP contribution in [0, 0.1) is 0 Å². The fourth-order valence-electron chi connectivity index (χ4n) is 9.70. The minimum absolute atomic E-state index is 0.0471.